The van der Waals surface area contributed by atoms with Crippen molar-refractivity contribution in [1.29, 1.82) is 0 Å². The van der Waals surface area contributed by atoms with Crippen LogP contribution in [0.5, 0.6) is 0 Å². The van der Waals surface area contributed by atoms with Gasteiger partial charge in [-0.2, -0.15) is 0 Å². The van der Waals surface area contributed by atoms with Gasteiger partial charge in [0.05, 0.1) is 13.0 Å². The number of hydrogen-bond donors (Lipinski definition) is 0. The Morgan fingerprint density at radius 1 is 1.22 bits per heavy atom. The molecule has 0 saturated carbocycles. The van der Waals surface area contributed by atoms with Gasteiger partial charge in [0.25, 0.3) is 0 Å². The molecule has 1 aromatic rings. The summed E-state index contributed by atoms with van der Waals surface area (Å²) in [5, 5.41) is 0.467. The lowest BCUT2D eigenvalue weighted by atomic mass is 10.1. The molecule has 1 rings (SSSR count). The minimum atomic E-state index is -0.968. The molecule has 0 fully saturated rings. The van der Waals surface area contributed by atoms with Gasteiger partial charge in [0, 0.05) is 11.4 Å². The Hall–Kier alpha value is -1.68. The molecule has 0 radical (unpaired) electrons. The SMILES string of the molecule is CCOC(=O)C(=O)CC(=O)Cc1ccccc1Cl. The van der Waals surface area contributed by atoms with Crippen molar-refractivity contribution in [3.63, 3.8) is 0 Å². The van der Waals surface area contributed by atoms with Gasteiger partial charge in [-0.3, -0.25) is 9.59 Å². The molecule has 0 N–H and O–H groups in total. The van der Waals surface area contributed by atoms with Gasteiger partial charge in [-0.25, -0.2) is 4.79 Å². The summed E-state index contributed by atoms with van der Waals surface area (Å²) in [6.07, 6.45) is -0.422. The molecule has 0 aliphatic rings. The van der Waals surface area contributed by atoms with Crippen molar-refractivity contribution in [2.45, 2.75) is 19.8 Å². The number of ether oxygens (including phenoxy) is 1. The Bertz CT molecular complexity index is 468. The molecule has 0 heterocycles. The van der Waals surface area contributed by atoms with Crippen LogP contribution in [0.4, 0.5) is 0 Å². The van der Waals surface area contributed by atoms with Crippen molar-refractivity contribution >= 4 is 29.1 Å². The van der Waals surface area contributed by atoms with Crippen LogP contribution in [0.25, 0.3) is 0 Å². The molecule has 0 bridgehead atoms. The van der Waals surface area contributed by atoms with E-state index in [1.807, 2.05) is 0 Å². The fraction of sp³-hybridized carbons (Fsp3) is 0.308. The van der Waals surface area contributed by atoms with Gasteiger partial charge in [0.1, 0.15) is 5.78 Å². The summed E-state index contributed by atoms with van der Waals surface area (Å²) in [5.74, 6) is -2.15. The van der Waals surface area contributed by atoms with E-state index in [-0.39, 0.29) is 18.8 Å². The van der Waals surface area contributed by atoms with Crippen molar-refractivity contribution < 1.29 is 19.1 Å². The molecule has 4 nitrogen and oxygen atoms in total. The number of benzene rings is 1. The molecule has 0 aliphatic heterocycles. The number of carbonyl (C=O) groups is 3. The maximum Gasteiger partial charge on any atom is 0.375 e. The Balaban J connectivity index is 2.55. The van der Waals surface area contributed by atoms with Gasteiger partial charge in [-0.15, -0.1) is 0 Å². The second-order valence-corrected chi connectivity index (χ2v) is 4.03. The molecule has 96 valence electrons. The Morgan fingerprint density at radius 3 is 2.50 bits per heavy atom. The maximum absolute atomic E-state index is 11.6. The van der Waals surface area contributed by atoms with Crippen molar-refractivity contribution in [2.75, 3.05) is 6.61 Å². The van der Waals surface area contributed by atoms with E-state index in [1.165, 1.54) is 0 Å². The first-order chi connectivity index (χ1) is 8.54. The van der Waals surface area contributed by atoms with Crippen LogP contribution in [0, 0.1) is 0 Å². The van der Waals surface area contributed by atoms with E-state index in [4.69, 9.17) is 11.6 Å². The van der Waals surface area contributed by atoms with E-state index in [2.05, 4.69) is 4.74 Å². The standard InChI is InChI=1S/C13H13ClO4/c1-2-18-13(17)12(16)8-10(15)7-9-5-3-4-6-11(9)14/h3-6H,2,7-8H2,1H3. The predicted octanol–water partition coefficient (Wildman–Crippen LogP) is 1.97. The second-order valence-electron chi connectivity index (χ2n) is 3.63. The average molecular weight is 269 g/mol. The summed E-state index contributed by atoms with van der Waals surface area (Å²) in [6.45, 7) is 1.71. The summed E-state index contributed by atoms with van der Waals surface area (Å²) in [4.78, 5) is 33.9. The molecular formula is C13H13ClO4. The van der Waals surface area contributed by atoms with Crippen molar-refractivity contribution in [3.8, 4) is 0 Å². The second kappa shape index (κ2) is 6.91. The van der Waals surface area contributed by atoms with Crippen LogP contribution in [0.2, 0.25) is 5.02 Å². The monoisotopic (exact) mass is 268 g/mol. The number of halogens is 1. The molecule has 18 heavy (non-hydrogen) atoms. The first kappa shape index (κ1) is 14.4. The number of carbonyl (C=O) groups excluding carboxylic acids is 3. The van der Waals surface area contributed by atoms with Gasteiger partial charge in [0.2, 0.25) is 5.78 Å². The van der Waals surface area contributed by atoms with Crippen molar-refractivity contribution in [3.05, 3.63) is 34.9 Å². The highest BCUT2D eigenvalue weighted by Gasteiger charge is 2.19. The van der Waals surface area contributed by atoms with Crippen LogP contribution in [-0.2, 0) is 25.5 Å². The van der Waals surface area contributed by atoms with Gasteiger partial charge in [0.15, 0.2) is 0 Å². The fourth-order valence-corrected chi connectivity index (χ4v) is 1.58. The molecule has 0 spiro atoms. The van der Waals surface area contributed by atoms with E-state index in [9.17, 15) is 14.4 Å². The third-order valence-electron chi connectivity index (χ3n) is 2.21. The summed E-state index contributed by atoms with van der Waals surface area (Å²) in [5.41, 5.74) is 0.640. The molecule has 5 heteroatoms. The summed E-state index contributed by atoms with van der Waals surface area (Å²) < 4.78 is 4.51. The summed E-state index contributed by atoms with van der Waals surface area (Å²) >= 11 is 5.89. The third-order valence-corrected chi connectivity index (χ3v) is 2.58. The van der Waals surface area contributed by atoms with Crippen molar-refractivity contribution in [2.24, 2.45) is 0 Å². The molecule has 0 unspecified atom stereocenters. The molecule has 0 atom stereocenters. The zero-order valence-electron chi connectivity index (χ0n) is 9.94. The fourth-order valence-electron chi connectivity index (χ4n) is 1.38. The molecular weight excluding hydrogens is 256 g/mol. The van der Waals surface area contributed by atoms with Gasteiger partial charge >= 0.3 is 5.97 Å². The number of hydrogen-bond acceptors (Lipinski definition) is 4. The van der Waals surface area contributed by atoms with Gasteiger partial charge in [-0.1, -0.05) is 29.8 Å². The first-order valence-electron chi connectivity index (χ1n) is 5.49. The van der Waals surface area contributed by atoms with E-state index in [1.54, 1.807) is 31.2 Å². The summed E-state index contributed by atoms with van der Waals surface area (Å²) in [7, 11) is 0. The Morgan fingerprint density at radius 2 is 1.89 bits per heavy atom. The highest BCUT2D eigenvalue weighted by Crippen LogP contribution is 2.16. The Kier molecular flexibility index (Phi) is 5.52. The highest BCUT2D eigenvalue weighted by molar-refractivity contribution is 6.37. The highest BCUT2D eigenvalue weighted by atomic mass is 35.5. The molecule has 0 aliphatic carbocycles. The van der Waals surface area contributed by atoms with Crippen LogP contribution in [0.3, 0.4) is 0 Å². The lowest BCUT2D eigenvalue weighted by molar-refractivity contribution is -0.154. The van der Waals surface area contributed by atoms with Crippen LogP contribution in [0.15, 0.2) is 24.3 Å². The maximum atomic E-state index is 11.6. The molecule has 0 amide bonds. The van der Waals surface area contributed by atoms with E-state index < -0.39 is 18.2 Å². The first-order valence-corrected chi connectivity index (χ1v) is 5.87. The largest absolute Gasteiger partial charge is 0.460 e. The Labute approximate surface area is 110 Å². The minimum absolute atomic E-state index is 0.0326. The smallest absolute Gasteiger partial charge is 0.375 e. The molecule has 1 aromatic carbocycles. The number of rotatable bonds is 6. The summed E-state index contributed by atoms with van der Waals surface area (Å²) in [6, 6.07) is 6.87. The lowest BCUT2D eigenvalue weighted by Gasteiger charge is -2.03. The normalized spacial score (nSPS) is 9.89. The zero-order chi connectivity index (χ0) is 13.5. The topological polar surface area (TPSA) is 60.4 Å². The van der Waals surface area contributed by atoms with E-state index >= 15 is 0 Å². The van der Waals surface area contributed by atoms with Gasteiger partial charge in [-0.05, 0) is 18.6 Å². The molecule has 0 saturated heterocycles. The number of esters is 1. The minimum Gasteiger partial charge on any atom is -0.460 e. The van der Waals surface area contributed by atoms with Crippen LogP contribution < -0.4 is 0 Å². The number of Topliss-reactive ketones (excluding diaryl/α,β-unsaturated/α-hetero) is 2. The average Bonchev–Trinajstić information content (AvgIpc) is 2.32. The third kappa shape index (κ3) is 4.30. The molecule has 0 aromatic heterocycles. The van der Waals surface area contributed by atoms with Gasteiger partial charge < -0.3 is 4.74 Å². The predicted molar refractivity (Wildman–Crippen MR) is 66.4 cm³/mol. The van der Waals surface area contributed by atoms with E-state index in [0.717, 1.165) is 0 Å². The quantitative estimate of drug-likeness (QED) is 0.450. The van der Waals surface area contributed by atoms with Crippen LogP contribution in [0.1, 0.15) is 18.9 Å². The lowest BCUT2D eigenvalue weighted by Crippen LogP contribution is -2.21. The number of ketones is 2. The van der Waals surface area contributed by atoms with E-state index in [0.29, 0.717) is 10.6 Å². The van der Waals surface area contributed by atoms with Crippen LogP contribution >= 0.6 is 11.6 Å². The van der Waals surface area contributed by atoms with Crippen molar-refractivity contribution in [1.82, 2.24) is 0 Å². The van der Waals surface area contributed by atoms with Crippen LogP contribution in [-0.4, -0.2) is 24.1 Å². The zero-order valence-corrected chi connectivity index (χ0v) is 10.7.